The van der Waals surface area contributed by atoms with E-state index in [1.807, 2.05) is 0 Å². The minimum Gasteiger partial charge on any atom is -0.228 e. The molecule has 0 N–H and O–H groups in total. The Morgan fingerprint density at radius 2 is 1.23 bits per heavy atom. The van der Waals surface area contributed by atoms with Crippen molar-refractivity contribution >= 4 is 32.3 Å². The molecule has 2 rings (SSSR count). The minimum absolute atomic E-state index is 0.186. The molecule has 0 bridgehead atoms. The molecule has 0 fully saturated rings. The van der Waals surface area contributed by atoms with E-state index in [-0.39, 0.29) is 11.5 Å². The molecule has 2 aromatic carbocycles. The van der Waals surface area contributed by atoms with E-state index < -0.39 is 33.3 Å². The standard InChI is InChI=1S/C11H11F3O2S.C8H7F3S2/c1-2-7-17(15,16)8-9-3-5-10(6-4-9)11(12,13)14;9-8(10,11)7-3-1-6(2-4-7)5-13-12/h2-6H,1,7-8H2;1-4,12H,5H2. The highest BCUT2D eigenvalue weighted by atomic mass is 33.1. The Morgan fingerprint density at radius 3 is 1.57 bits per heavy atom. The molecular weight excluding hydrogens is 470 g/mol. The van der Waals surface area contributed by atoms with E-state index in [1.165, 1.54) is 41.1 Å². The Hall–Kier alpha value is -1.59. The summed E-state index contributed by atoms with van der Waals surface area (Å²) in [5.41, 5.74) is -0.226. The molecule has 0 amide bonds. The molecule has 0 radical (unpaired) electrons. The zero-order valence-corrected chi connectivity index (χ0v) is 17.9. The number of rotatable bonds is 6. The van der Waals surface area contributed by atoms with Crippen molar-refractivity contribution in [2.24, 2.45) is 0 Å². The van der Waals surface area contributed by atoms with Crippen LogP contribution in [0.25, 0.3) is 0 Å². The predicted octanol–water partition coefficient (Wildman–Crippen LogP) is 6.59. The number of hydrogen-bond donors (Lipinski definition) is 1. The molecule has 0 saturated heterocycles. The molecule has 0 spiro atoms. The summed E-state index contributed by atoms with van der Waals surface area (Å²) in [5.74, 6) is 0.145. The third-order valence-electron chi connectivity index (χ3n) is 3.55. The van der Waals surface area contributed by atoms with Crippen molar-refractivity contribution in [3.63, 3.8) is 0 Å². The molecule has 2 aromatic rings. The Balaban J connectivity index is 0.000000311. The van der Waals surface area contributed by atoms with Crippen molar-refractivity contribution in [1.82, 2.24) is 0 Å². The maximum atomic E-state index is 12.2. The summed E-state index contributed by atoms with van der Waals surface area (Å²) in [7, 11) is -2.05. The zero-order chi connectivity index (χ0) is 23.0. The van der Waals surface area contributed by atoms with Crippen molar-refractivity contribution in [1.29, 1.82) is 0 Å². The first kappa shape index (κ1) is 26.4. The number of thiol groups is 1. The molecule has 0 unspecified atom stereocenters. The molecule has 0 aromatic heterocycles. The Labute approximate surface area is 180 Å². The van der Waals surface area contributed by atoms with Crippen LogP contribution in [0.1, 0.15) is 22.3 Å². The van der Waals surface area contributed by atoms with Crippen LogP contribution >= 0.6 is 22.5 Å². The van der Waals surface area contributed by atoms with Gasteiger partial charge in [-0.15, -0.1) is 18.2 Å². The SMILES string of the molecule is C=CCS(=O)(=O)Cc1ccc(C(F)(F)F)cc1.FC(F)(F)c1ccc(CSS)cc1. The first-order valence-electron chi connectivity index (χ1n) is 8.18. The summed E-state index contributed by atoms with van der Waals surface area (Å²) in [4.78, 5) is 0. The summed E-state index contributed by atoms with van der Waals surface area (Å²) in [6, 6.07) is 9.18. The van der Waals surface area contributed by atoms with Crippen molar-refractivity contribution in [2.45, 2.75) is 23.9 Å². The fourth-order valence-electron chi connectivity index (χ4n) is 2.15. The van der Waals surface area contributed by atoms with Crippen LogP contribution in [-0.4, -0.2) is 14.2 Å². The monoisotopic (exact) mass is 488 g/mol. The zero-order valence-electron chi connectivity index (χ0n) is 15.4. The second kappa shape index (κ2) is 11.1. The number of hydrogen-bond acceptors (Lipinski definition) is 4. The van der Waals surface area contributed by atoms with Crippen molar-refractivity contribution in [3.05, 3.63) is 83.4 Å². The predicted molar refractivity (Wildman–Crippen MR) is 111 cm³/mol. The lowest BCUT2D eigenvalue weighted by Gasteiger charge is -2.07. The average Bonchev–Trinajstić information content (AvgIpc) is 2.61. The van der Waals surface area contributed by atoms with Crippen LogP contribution in [0.4, 0.5) is 26.3 Å². The number of halogens is 6. The molecule has 30 heavy (non-hydrogen) atoms. The first-order chi connectivity index (χ1) is 13.8. The van der Waals surface area contributed by atoms with Crippen molar-refractivity contribution in [3.8, 4) is 0 Å². The number of sulfone groups is 1. The van der Waals surface area contributed by atoms with Gasteiger partial charge in [0.1, 0.15) is 0 Å². The molecule has 2 nitrogen and oxygen atoms in total. The van der Waals surface area contributed by atoms with Crippen LogP contribution < -0.4 is 0 Å². The van der Waals surface area contributed by atoms with Crippen LogP contribution in [0.5, 0.6) is 0 Å². The van der Waals surface area contributed by atoms with Gasteiger partial charge in [-0.05, 0) is 35.4 Å². The number of benzene rings is 2. The van der Waals surface area contributed by atoms with Gasteiger partial charge in [-0.3, -0.25) is 0 Å². The van der Waals surface area contributed by atoms with Crippen LogP contribution in [0, 0.1) is 0 Å². The van der Waals surface area contributed by atoms with Crippen LogP contribution in [-0.2, 0) is 33.7 Å². The average molecular weight is 489 g/mol. The van der Waals surface area contributed by atoms with E-state index in [2.05, 4.69) is 18.2 Å². The highest BCUT2D eigenvalue weighted by molar-refractivity contribution is 8.68. The topological polar surface area (TPSA) is 34.1 Å². The van der Waals surface area contributed by atoms with Gasteiger partial charge in [0, 0.05) is 5.75 Å². The van der Waals surface area contributed by atoms with Crippen LogP contribution in [0.3, 0.4) is 0 Å². The molecule has 0 aliphatic carbocycles. The van der Waals surface area contributed by atoms with Crippen molar-refractivity contribution in [2.75, 3.05) is 5.75 Å². The Kier molecular flexibility index (Phi) is 9.83. The van der Waals surface area contributed by atoms with E-state index in [4.69, 9.17) is 0 Å². The summed E-state index contributed by atoms with van der Waals surface area (Å²) < 4.78 is 95.8. The van der Waals surface area contributed by atoms with Gasteiger partial charge >= 0.3 is 12.4 Å². The molecule has 0 atom stereocenters. The van der Waals surface area contributed by atoms with Gasteiger partial charge in [-0.1, -0.05) is 41.1 Å². The second-order valence-corrected chi connectivity index (χ2v) is 9.44. The third kappa shape index (κ3) is 9.48. The minimum atomic E-state index is -4.40. The van der Waals surface area contributed by atoms with Crippen LogP contribution in [0.2, 0.25) is 0 Å². The van der Waals surface area contributed by atoms with Crippen molar-refractivity contribution < 1.29 is 34.8 Å². The molecular formula is C19H18F6O2S3. The van der Waals surface area contributed by atoms with Gasteiger partial charge in [0.05, 0.1) is 22.6 Å². The first-order valence-corrected chi connectivity index (χ1v) is 12.0. The molecule has 0 heterocycles. The maximum absolute atomic E-state index is 12.2. The molecule has 0 aliphatic heterocycles. The van der Waals surface area contributed by atoms with E-state index in [0.717, 1.165) is 29.8 Å². The lowest BCUT2D eigenvalue weighted by molar-refractivity contribution is -0.138. The van der Waals surface area contributed by atoms with E-state index in [1.54, 1.807) is 0 Å². The van der Waals surface area contributed by atoms with Gasteiger partial charge in [0.2, 0.25) is 0 Å². The normalized spacial score (nSPS) is 12.1. The molecule has 166 valence electrons. The second-order valence-electron chi connectivity index (χ2n) is 6.01. The summed E-state index contributed by atoms with van der Waals surface area (Å²) in [5, 5.41) is 0. The smallest absolute Gasteiger partial charge is 0.228 e. The summed E-state index contributed by atoms with van der Waals surface area (Å²) in [6.45, 7) is 3.31. The largest absolute Gasteiger partial charge is 0.416 e. The van der Waals surface area contributed by atoms with Gasteiger partial charge in [-0.2, -0.15) is 26.3 Å². The van der Waals surface area contributed by atoms with E-state index in [0.29, 0.717) is 11.3 Å². The summed E-state index contributed by atoms with van der Waals surface area (Å²) in [6.07, 6.45) is -7.40. The molecule has 0 saturated carbocycles. The third-order valence-corrected chi connectivity index (χ3v) is 5.92. The number of alkyl halides is 6. The lowest BCUT2D eigenvalue weighted by Crippen LogP contribution is -2.08. The quantitative estimate of drug-likeness (QED) is 0.216. The highest BCUT2D eigenvalue weighted by Crippen LogP contribution is 2.30. The van der Waals surface area contributed by atoms with Gasteiger partial charge in [0.25, 0.3) is 0 Å². The Morgan fingerprint density at radius 1 is 0.833 bits per heavy atom. The summed E-state index contributed by atoms with van der Waals surface area (Å²) >= 11 is 3.91. The Bertz CT molecular complexity index is 903. The molecule has 0 aliphatic rings. The van der Waals surface area contributed by atoms with Crippen LogP contribution in [0.15, 0.2) is 61.2 Å². The maximum Gasteiger partial charge on any atom is 0.416 e. The van der Waals surface area contributed by atoms with E-state index >= 15 is 0 Å². The van der Waals surface area contributed by atoms with Gasteiger partial charge in [-0.25, -0.2) is 8.42 Å². The molecule has 11 heteroatoms. The van der Waals surface area contributed by atoms with Gasteiger partial charge < -0.3 is 0 Å². The lowest BCUT2D eigenvalue weighted by atomic mass is 10.1. The fraction of sp³-hybridized carbons (Fsp3) is 0.263. The van der Waals surface area contributed by atoms with E-state index in [9.17, 15) is 34.8 Å². The fourth-order valence-corrected chi connectivity index (χ4v) is 4.11. The highest BCUT2D eigenvalue weighted by Gasteiger charge is 2.30. The van der Waals surface area contributed by atoms with Gasteiger partial charge in [0.15, 0.2) is 9.84 Å².